The van der Waals surface area contributed by atoms with Crippen molar-refractivity contribution in [1.82, 2.24) is 24.9 Å². The van der Waals surface area contributed by atoms with Crippen LogP contribution in [0.15, 0.2) is 48.8 Å². The molecule has 1 N–H and O–H groups in total. The number of halogens is 3. The maximum atomic E-state index is 13.1. The number of nitrogens with one attached hydrogen (secondary N) is 1. The van der Waals surface area contributed by atoms with Gasteiger partial charge in [-0.25, -0.2) is 0 Å². The molecule has 1 saturated heterocycles. The fourth-order valence-electron chi connectivity index (χ4n) is 3.84. The van der Waals surface area contributed by atoms with Crippen LogP contribution in [-0.2, 0) is 23.9 Å². The van der Waals surface area contributed by atoms with Gasteiger partial charge in [0.1, 0.15) is 5.75 Å². The largest absolute Gasteiger partial charge is 0.493 e. The molecule has 0 aliphatic carbocycles. The topological polar surface area (TPSA) is 76.0 Å². The number of aryl methyl sites for hydroxylation is 1. The van der Waals surface area contributed by atoms with Gasteiger partial charge < -0.3 is 9.64 Å². The van der Waals surface area contributed by atoms with Crippen LogP contribution < -0.4 is 4.74 Å². The summed E-state index contributed by atoms with van der Waals surface area (Å²) in [6, 6.07) is 8.90. The SMILES string of the molecule is O=C(CCn1cccn1)N1CCC(c2cc(CCOc3ccccc3C(F)(F)F)[nH]n2)C1. The Morgan fingerprint density at radius 3 is 2.88 bits per heavy atom. The molecule has 1 amide bonds. The Kier molecular flexibility index (Phi) is 6.48. The minimum absolute atomic E-state index is 0.0930. The maximum absolute atomic E-state index is 13.1. The molecule has 3 aromatic rings. The van der Waals surface area contributed by atoms with Crippen LogP contribution in [0.3, 0.4) is 0 Å². The highest BCUT2D eigenvalue weighted by Crippen LogP contribution is 2.36. The first-order valence-corrected chi connectivity index (χ1v) is 10.5. The number of rotatable bonds is 8. The molecule has 2 aromatic heterocycles. The third-order valence-electron chi connectivity index (χ3n) is 5.55. The van der Waals surface area contributed by atoms with E-state index in [1.807, 2.05) is 23.2 Å². The molecule has 1 fully saturated rings. The molecule has 1 aliphatic rings. The lowest BCUT2D eigenvalue weighted by atomic mass is 10.0. The molecule has 3 heterocycles. The number of carbonyl (C=O) groups is 1. The second-order valence-corrected chi connectivity index (χ2v) is 7.75. The Bertz CT molecular complexity index is 1030. The fourth-order valence-corrected chi connectivity index (χ4v) is 3.84. The van der Waals surface area contributed by atoms with Crippen LogP contribution in [0.1, 0.15) is 35.7 Å². The second kappa shape index (κ2) is 9.46. The molecule has 10 heteroatoms. The predicted molar refractivity (Wildman–Crippen MR) is 110 cm³/mol. The fraction of sp³-hybridized carbons (Fsp3) is 0.409. The van der Waals surface area contributed by atoms with Crippen molar-refractivity contribution in [2.45, 2.75) is 37.9 Å². The van der Waals surface area contributed by atoms with E-state index in [-0.39, 0.29) is 24.2 Å². The van der Waals surface area contributed by atoms with Crippen LogP contribution in [0.2, 0.25) is 0 Å². The standard InChI is InChI=1S/C22H24F3N5O2/c23-22(24,25)18-4-1-2-5-20(18)32-13-8-17-14-19(28-27-17)16-6-11-29(15-16)21(31)7-12-30-10-3-9-26-30/h1-5,9-10,14,16H,6-8,11-13,15H2,(H,27,28). The van der Waals surface area contributed by atoms with Crippen molar-refractivity contribution in [3.8, 4) is 5.75 Å². The number of para-hydroxylation sites is 1. The zero-order valence-electron chi connectivity index (χ0n) is 17.4. The van der Waals surface area contributed by atoms with Crippen LogP contribution in [0.25, 0.3) is 0 Å². The van der Waals surface area contributed by atoms with Gasteiger partial charge in [-0.1, -0.05) is 12.1 Å². The molecule has 0 bridgehead atoms. The Morgan fingerprint density at radius 2 is 2.09 bits per heavy atom. The summed E-state index contributed by atoms with van der Waals surface area (Å²) in [5, 5.41) is 11.4. The molecule has 0 saturated carbocycles. The lowest BCUT2D eigenvalue weighted by molar-refractivity contribution is -0.139. The van der Waals surface area contributed by atoms with Gasteiger partial charge in [0.15, 0.2) is 0 Å². The van der Waals surface area contributed by atoms with Crippen molar-refractivity contribution in [3.05, 3.63) is 65.7 Å². The number of nitrogens with zero attached hydrogens (tertiary/aromatic N) is 4. The van der Waals surface area contributed by atoms with Gasteiger partial charge in [-0.05, 0) is 30.7 Å². The van der Waals surface area contributed by atoms with Crippen molar-refractivity contribution in [1.29, 1.82) is 0 Å². The molecule has 1 aromatic carbocycles. The van der Waals surface area contributed by atoms with E-state index in [1.165, 1.54) is 18.2 Å². The maximum Gasteiger partial charge on any atom is 0.419 e. The summed E-state index contributed by atoms with van der Waals surface area (Å²) in [5.74, 6) is 0.0517. The normalized spacial score (nSPS) is 16.5. The summed E-state index contributed by atoms with van der Waals surface area (Å²) < 4.78 is 46.3. The van der Waals surface area contributed by atoms with Crippen LogP contribution >= 0.6 is 0 Å². The average Bonchev–Trinajstić information content (AvgIpc) is 3.53. The minimum Gasteiger partial charge on any atom is -0.493 e. The van der Waals surface area contributed by atoms with Crippen molar-refractivity contribution in [2.24, 2.45) is 0 Å². The highest BCUT2D eigenvalue weighted by molar-refractivity contribution is 5.76. The van der Waals surface area contributed by atoms with Crippen molar-refractivity contribution < 1.29 is 22.7 Å². The van der Waals surface area contributed by atoms with Gasteiger partial charge in [-0.2, -0.15) is 23.4 Å². The van der Waals surface area contributed by atoms with Gasteiger partial charge in [0.2, 0.25) is 5.91 Å². The van der Waals surface area contributed by atoms with E-state index in [0.29, 0.717) is 32.5 Å². The molecule has 32 heavy (non-hydrogen) atoms. The number of hydrogen-bond donors (Lipinski definition) is 1. The number of likely N-dealkylation sites (tertiary alicyclic amines) is 1. The summed E-state index contributed by atoms with van der Waals surface area (Å²) in [4.78, 5) is 14.3. The van der Waals surface area contributed by atoms with E-state index < -0.39 is 11.7 Å². The summed E-state index contributed by atoms with van der Waals surface area (Å²) in [6.07, 6.45) is 0.687. The zero-order chi connectivity index (χ0) is 22.6. The van der Waals surface area contributed by atoms with Crippen LogP contribution in [-0.4, -0.2) is 50.5 Å². The first kappa shape index (κ1) is 21.9. The highest BCUT2D eigenvalue weighted by Gasteiger charge is 2.34. The number of hydrogen-bond acceptors (Lipinski definition) is 4. The molecule has 4 rings (SSSR count). The van der Waals surface area contributed by atoms with Crippen LogP contribution in [0, 0.1) is 0 Å². The van der Waals surface area contributed by atoms with Gasteiger partial charge in [0.05, 0.1) is 17.9 Å². The third kappa shape index (κ3) is 5.30. The highest BCUT2D eigenvalue weighted by atomic mass is 19.4. The van der Waals surface area contributed by atoms with E-state index in [0.717, 1.165) is 23.9 Å². The first-order chi connectivity index (χ1) is 15.4. The van der Waals surface area contributed by atoms with E-state index in [1.54, 1.807) is 10.9 Å². The molecule has 1 aliphatic heterocycles. The van der Waals surface area contributed by atoms with Gasteiger partial charge in [-0.3, -0.25) is 14.6 Å². The molecule has 170 valence electrons. The third-order valence-corrected chi connectivity index (χ3v) is 5.55. The number of carbonyl (C=O) groups excluding carboxylic acids is 1. The number of benzene rings is 1. The smallest absolute Gasteiger partial charge is 0.419 e. The molecule has 1 unspecified atom stereocenters. The van der Waals surface area contributed by atoms with Crippen molar-refractivity contribution in [3.63, 3.8) is 0 Å². The lowest BCUT2D eigenvalue weighted by Crippen LogP contribution is -2.29. The minimum atomic E-state index is -4.46. The molecule has 0 radical (unpaired) electrons. The Labute approximate surface area is 183 Å². The van der Waals surface area contributed by atoms with E-state index in [2.05, 4.69) is 15.3 Å². The first-order valence-electron chi connectivity index (χ1n) is 10.5. The zero-order valence-corrected chi connectivity index (χ0v) is 17.4. The summed E-state index contributed by atoms with van der Waals surface area (Å²) >= 11 is 0. The van der Waals surface area contributed by atoms with Crippen molar-refractivity contribution >= 4 is 5.91 Å². The van der Waals surface area contributed by atoms with Gasteiger partial charge >= 0.3 is 6.18 Å². The molecular formula is C22H24F3N5O2. The Hall–Kier alpha value is -3.30. The number of H-pyrrole nitrogens is 1. The number of ether oxygens (including phenoxy) is 1. The molecule has 1 atom stereocenters. The monoisotopic (exact) mass is 447 g/mol. The second-order valence-electron chi connectivity index (χ2n) is 7.75. The lowest BCUT2D eigenvalue weighted by Gasteiger charge is -2.16. The number of aromatic nitrogens is 4. The average molecular weight is 447 g/mol. The van der Waals surface area contributed by atoms with Crippen LogP contribution in [0.4, 0.5) is 13.2 Å². The number of amides is 1. The van der Waals surface area contributed by atoms with Gasteiger partial charge in [0, 0.05) is 56.5 Å². The summed E-state index contributed by atoms with van der Waals surface area (Å²) in [7, 11) is 0. The van der Waals surface area contributed by atoms with E-state index in [9.17, 15) is 18.0 Å². The number of aromatic amines is 1. The summed E-state index contributed by atoms with van der Waals surface area (Å²) in [6.45, 7) is 1.94. The van der Waals surface area contributed by atoms with Gasteiger partial charge in [0.25, 0.3) is 0 Å². The summed E-state index contributed by atoms with van der Waals surface area (Å²) in [5.41, 5.74) is 0.861. The number of alkyl halides is 3. The van der Waals surface area contributed by atoms with E-state index in [4.69, 9.17) is 4.74 Å². The van der Waals surface area contributed by atoms with E-state index >= 15 is 0 Å². The molecule has 0 spiro atoms. The quantitative estimate of drug-likeness (QED) is 0.572. The van der Waals surface area contributed by atoms with Gasteiger partial charge in [-0.15, -0.1) is 0 Å². The van der Waals surface area contributed by atoms with Crippen molar-refractivity contribution in [2.75, 3.05) is 19.7 Å². The predicted octanol–water partition coefficient (Wildman–Crippen LogP) is 3.65. The van der Waals surface area contributed by atoms with Crippen LogP contribution in [0.5, 0.6) is 5.75 Å². The molecular weight excluding hydrogens is 423 g/mol. The Balaban J connectivity index is 1.26. The molecule has 7 nitrogen and oxygen atoms in total. The Morgan fingerprint density at radius 1 is 1.25 bits per heavy atom.